The molecule has 0 spiro atoms. The standard InChI is InChI=1S/C12H21NO2/c1-9(2)11(14)15-12(3,4)10-5-7-13-8-6-10/h10,13H,1,5-8H2,2-4H3/p+1. The van der Waals surface area contributed by atoms with E-state index in [0.717, 1.165) is 25.9 Å². The molecular formula is C12H22NO2+. The van der Waals surface area contributed by atoms with Gasteiger partial charge < -0.3 is 10.1 Å². The van der Waals surface area contributed by atoms with Crippen LogP contribution < -0.4 is 5.32 Å². The van der Waals surface area contributed by atoms with Gasteiger partial charge in [0.2, 0.25) is 0 Å². The van der Waals surface area contributed by atoms with Crippen molar-refractivity contribution in [3.8, 4) is 0 Å². The average Bonchev–Trinajstić information content (AvgIpc) is 2.18. The van der Waals surface area contributed by atoms with Gasteiger partial charge in [-0.3, -0.25) is 0 Å². The van der Waals surface area contributed by atoms with Crippen LogP contribution >= 0.6 is 0 Å². The maximum Gasteiger partial charge on any atom is 0.333 e. The molecule has 0 saturated carbocycles. The molecule has 0 unspecified atom stereocenters. The van der Waals surface area contributed by atoms with Gasteiger partial charge in [-0.25, -0.2) is 4.79 Å². The molecule has 15 heavy (non-hydrogen) atoms. The van der Waals surface area contributed by atoms with Crippen molar-refractivity contribution >= 4 is 5.97 Å². The molecule has 0 aromatic carbocycles. The van der Waals surface area contributed by atoms with Gasteiger partial charge in [-0.2, -0.15) is 0 Å². The van der Waals surface area contributed by atoms with Gasteiger partial charge in [0.15, 0.2) is 0 Å². The van der Waals surface area contributed by atoms with Crippen molar-refractivity contribution in [2.24, 2.45) is 5.92 Å². The second-order valence-corrected chi connectivity index (χ2v) is 4.91. The highest BCUT2D eigenvalue weighted by atomic mass is 16.6. The minimum Gasteiger partial charge on any atom is -0.456 e. The molecule has 1 aliphatic rings. The van der Waals surface area contributed by atoms with Crippen LogP contribution in [0, 0.1) is 5.92 Å². The number of carbonyl (C=O) groups is 1. The van der Waals surface area contributed by atoms with Gasteiger partial charge in [0, 0.05) is 24.3 Å². The third-order valence-electron chi connectivity index (χ3n) is 3.13. The Morgan fingerprint density at radius 3 is 2.40 bits per heavy atom. The first kappa shape index (κ1) is 12.2. The largest absolute Gasteiger partial charge is 0.456 e. The highest BCUT2D eigenvalue weighted by molar-refractivity contribution is 5.87. The molecule has 1 aliphatic heterocycles. The van der Waals surface area contributed by atoms with Crippen LogP contribution in [0.1, 0.15) is 33.6 Å². The lowest BCUT2D eigenvalue weighted by molar-refractivity contribution is -0.665. The molecular weight excluding hydrogens is 190 g/mol. The number of quaternary nitrogens is 1. The lowest BCUT2D eigenvalue weighted by Crippen LogP contribution is -2.86. The van der Waals surface area contributed by atoms with E-state index in [1.54, 1.807) is 6.92 Å². The number of carbonyl (C=O) groups excluding carboxylic acids is 1. The van der Waals surface area contributed by atoms with Crippen molar-refractivity contribution in [2.45, 2.75) is 39.2 Å². The van der Waals surface area contributed by atoms with Crippen LogP contribution in [0.3, 0.4) is 0 Å². The molecule has 86 valence electrons. The van der Waals surface area contributed by atoms with Gasteiger partial charge in [0.05, 0.1) is 13.1 Å². The zero-order chi connectivity index (χ0) is 11.5. The number of hydrogen-bond donors (Lipinski definition) is 1. The monoisotopic (exact) mass is 212 g/mol. The van der Waals surface area contributed by atoms with E-state index in [4.69, 9.17) is 4.74 Å². The van der Waals surface area contributed by atoms with Gasteiger partial charge in [-0.15, -0.1) is 0 Å². The number of ether oxygens (including phenoxy) is 1. The molecule has 0 aromatic rings. The molecule has 3 heteroatoms. The maximum atomic E-state index is 11.5. The van der Waals surface area contributed by atoms with Crippen LogP contribution in [-0.4, -0.2) is 24.7 Å². The fourth-order valence-corrected chi connectivity index (χ4v) is 2.03. The molecule has 0 amide bonds. The fourth-order valence-electron chi connectivity index (χ4n) is 2.03. The van der Waals surface area contributed by atoms with Crippen molar-refractivity contribution in [2.75, 3.05) is 13.1 Å². The van der Waals surface area contributed by atoms with Crippen LogP contribution in [0.5, 0.6) is 0 Å². The number of piperidine rings is 1. The summed E-state index contributed by atoms with van der Waals surface area (Å²) in [5, 5.41) is 2.31. The van der Waals surface area contributed by atoms with Gasteiger partial charge in [-0.1, -0.05) is 6.58 Å². The molecule has 1 saturated heterocycles. The Bertz CT molecular complexity index is 252. The van der Waals surface area contributed by atoms with Crippen molar-refractivity contribution in [1.29, 1.82) is 0 Å². The van der Waals surface area contributed by atoms with Crippen molar-refractivity contribution in [3.63, 3.8) is 0 Å². The minimum atomic E-state index is -0.357. The number of nitrogens with two attached hydrogens (primary N) is 1. The first-order valence-electron chi connectivity index (χ1n) is 5.64. The van der Waals surface area contributed by atoms with E-state index < -0.39 is 0 Å². The molecule has 1 heterocycles. The molecule has 1 rings (SSSR count). The number of esters is 1. The van der Waals surface area contributed by atoms with E-state index in [0.29, 0.717) is 11.5 Å². The summed E-state index contributed by atoms with van der Waals surface area (Å²) in [5.41, 5.74) is 0.120. The van der Waals surface area contributed by atoms with Crippen LogP contribution in [0.25, 0.3) is 0 Å². The molecule has 0 radical (unpaired) electrons. The third kappa shape index (κ3) is 3.34. The summed E-state index contributed by atoms with van der Waals surface area (Å²) in [7, 11) is 0. The van der Waals surface area contributed by atoms with E-state index in [1.807, 2.05) is 13.8 Å². The number of rotatable bonds is 3. The van der Waals surface area contributed by atoms with E-state index in [1.165, 1.54) is 0 Å². The van der Waals surface area contributed by atoms with Crippen LogP contribution in [0.4, 0.5) is 0 Å². The normalized spacial score (nSPS) is 18.6. The van der Waals surface area contributed by atoms with Gasteiger partial charge in [-0.05, 0) is 20.8 Å². The highest BCUT2D eigenvalue weighted by Gasteiger charge is 2.35. The van der Waals surface area contributed by atoms with Gasteiger partial charge in [0.25, 0.3) is 0 Å². The second kappa shape index (κ2) is 4.79. The van der Waals surface area contributed by atoms with Crippen molar-refractivity contribution in [3.05, 3.63) is 12.2 Å². The van der Waals surface area contributed by atoms with Crippen LogP contribution in [-0.2, 0) is 9.53 Å². The summed E-state index contributed by atoms with van der Waals surface area (Å²) in [6.45, 7) is 11.6. The zero-order valence-corrected chi connectivity index (χ0v) is 10.0. The molecule has 2 N–H and O–H groups in total. The highest BCUT2D eigenvalue weighted by Crippen LogP contribution is 2.28. The summed E-state index contributed by atoms with van der Waals surface area (Å²) in [6, 6.07) is 0. The molecule has 0 atom stereocenters. The predicted molar refractivity (Wildman–Crippen MR) is 59.4 cm³/mol. The first-order chi connectivity index (χ1) is 6.93. The summed E-state index contributed by atoms with van der Waals surface area (Å²) < 4.78 is 5.49. The van der Waals surface area contributed by atoms with Gasteiger partial charge >= 0.3 is 5.97 Å². The Labute approximate surface area is 91.9 Å². The lowest BCUT2D eigenvalue weighted by atomic mass is 9.83. The van der Waals surface area contributed by atoms with E-state index in [9.17, 15) is 4.79 Å². The molecule has 1 fully saturated rings. The number of hydrogen-bond acceptors (Lipinski definition) is 2. The molecule has 0 aliphatic carbocycles. The summed E-state index contributed by atoms with van der Waals surface area (Å²) in [6.07, 6.45) is 2.24. The van der Waals surface area contributed by atoms with E-state index >= 15 is 0 Å². The van der Waals surface area contributed by atoms with Crippen molar-refractivity contribution in [1.82, 2.24) is 0 Å². The Morgan fingerprint density at radius 1 is 1.40 bits per heavy atom. The van der Waals surface area contributed by atoms with Crippen molar-refractivity contribution < 1.29 is 14.8 Å². The topological polar surface area (TPSA) is 42.9 Å². The van der Waals surface area contributed by atoms with Crippen LogP contribution in [0.15, 0.2) is 12.2 Å². The molecule has 0 bridgehead atoms. The summed E-state index contributed by atoms with van der Waals surface area (Å²) in [4.78, 5) is 11.5. The average molecular weight is 212 g/mol. The third-order valence-corrected chi connectivity index (χ3v) is 3.13. The summed E-state index contributed by atoms with van der Waals surface area (Å²) >= 11 is 0. The van der Waals surface area contributed by atoms with Crippen LogP contribution in [0.2, 0.25) is 0 Å². The Morgan fingerprint density at radius 2 is 1.93 bits per heavy atom. The van der Waals surface area contributed by atoms with Gasteiger partial charge in [0.1, 0.15) is 5.60 Å². The van der Waals surface area contributed by atoms with E-state index in [-0.39, 0.29) is 11.6 Å². The first-order valence-corrected chi connectivity index (χ1v) is 5.64. The SMILES string of the molecule is C=C(C)C(=O)OC(C)(C)C1CC[NH2+]CC1. The Hall–Kier alpha value is -0.830. The lowest BCUT2D eigenvalue weighted by Gasteiger charge is -2.35. The fraction of sp³-hybridized carbons (Fsp3) is 0.750. The zero-order valence-electron chi connectivity index (χ0n) is 10.0. The smallest absolute Gasteiger partial charge is 0.333 e. The second-order valence-electron chi connectivity index (χ2n) is 4.91. The van der Waals surface area contributed by atoms with E-state index in [2.05, 4.69) is 11.9 Å². The maximum absolute atomic E-state index is 11.5. The molecule has 0 aromatic heterocycles. The predicted octanol–water partition coefficient (Wildman–Crippen LogP) is 0.858. The Balaban J connectivity index is 2.56. The quantitative estimate of drug-likeness (QED) is 0.557. The Kier molecular flexibility index (Phi) is 3.91. The minimum absolute atomic E-state index is 0.269. The summed E-state index contributed by atoms with van der Waals surface area (Å²) in [5.74, 6) is 0.209. The molecule has 3 nitrogen and oxygen atoms in total.